The molecule has 0 bridgehead atoms. The van der Waals surface area contributed by atoms with E-state index in [4.69, 9.17) is 0 Å². The lowest BCUT2D eigenvalue weighted by Gasteiger charge is -2.33. The molecule has 1 N–H and O–H groups in total. The van der Waals surface area contributed by atoms with Crippen LogP contribution in [0.5, 0.6) is 0 Å². The Kier molecular flexibility index (Phi) is 4.95. The van der Waals surface area contributed by atoms with Crippen molar-refractivity contribution in [2.75, 3.05) is 6.54 Å². The van der Waals surface area contributed by atoms with Gasteiger partial charge in [0.15, 0.2) is 0 Å². The first-order chi connectivity index (χ1) is 12.2. The van der Waals surface area contributed by atoms with E-state index >= 15 is 0 Å². The molecule has 6 heteroatoms. The fourth-order valence-electron chi connectivity index (χ4n) is 5.16. The summed E-state index contributed by atoms with van der Waals surface area (Å²) in [4.78, 5) is 14.9. The fraction of sp³-hybridized carbons (Fsp3) is 0.842. The smallest absolute Gasteiger partial charge is 0.317 e. The van der Waals surface area contributed by atoms with E-state index in [1.54, 1.807) is 0 Å². The van der Waals surface area contributed by atoms with Crippen molar-refractivity contribution < 1.29 is 4.79 Å². The van der Waals surface area contributed by atoms with Crippen LogP contribution in [0.2, 0.25) is 0 Å². The molecule has 2 amide bonds. The fourth-order valence-corrected chi connectivity index (χ4v) is 5.16. The van der Waals surface area contributed by atoms with Crippen molar-refractivity contribution in [3.05, 3.63) is 11.6 Å². The number of hydrogen-bond acceptors (Lipinski definition) is 3. The maximum atomic E-state index is 12.8. The highest BCUT2D eigenvalue weighted by Gasteiger charge is 2.42. The van der Waals surface area contributed by atoms with Crippen molar-refractivity contribution in [2.24, 2.45) is 5.92 Å². The van der Waals surface area contributed by atoms with Gasteiger partial charge in [-0.3, -0.25) is 0 Å². The largest absolute Gasteiger partial charge is 0.338 e. The van der Waals surface area contributed by atoms with E-state index in [0.717, 1.165) is 37.0 Å². The van der Waals surface area contributed by atoms with Crippen LogP contribution < -0.4 is 5.32 Å². The van der Waals surface area contributed by atoms with Crippen molar-refractivity contribution in [2.45, 2.75) is 89.8 Å². The Morgan fingerprint density at radius 3 is 2.96 bits per heavy atom. The highest BCUT2D eigenvalue weighted by molar-refractivity contribution is 5.75. The van der Waals surface area contributed by atoms with E-state index in [1.165, 1.54) is 51.4 Å². The van der Waals surface area contributed by atoms with Gasteiger partial charge in [0.2, 0.25) is 0 Å². The van der Waals surface area contributed by atoms with Crippen LogP contribution in [-0.4, -0.2) is 44.3 Å². The molecule has 3 heterocycles. The number of hydrogen-bond donors (Lipinski definition) is 1. The van der Waals surface area contributed by atoms with E-state index in [-0.39, 0.29) is 6.03 Å². The molecule has 25 heavy (non-hydrogen) atoms. The van der Waals surface area contributed by atoms with Crippen molar-refractivity contribution in [1.82, 2.24) is 25.0 Å². The molecule has 1 saturated heterocycles. The van der Waals surface area contributed by atoms with Gasteiger partial charge in [0, 0.05) is 38.0 Å². The van der Waals surface area contributed by atoms with Crippen LogP contribution in [0.1, 0.15) is 69.9 Å². The van der Waals surface area contributed by atoms with Crippen molar-refractivity contribution in [1.29, 1.82) is 0 Å². The molecular weight excluding hydrogens is 314 g/mol. The number of aryl methyl sites for hydroxylation is 1. The summed E-state index contributed by atoms with van der Waals surface area (Å²) in [6.07, 6.45) is 11.8. The summed E-state index contributed by atoms with van der Waals surface area (Å²) >= 11 is 0. The van der Waals surface area contributed by atoms with Crippen LogP contribution in [0.15, 0.2) is 0 Å². The topological polar surface area (TPSA) is 63.1 Å². The van der Waals surface area contributed by atoms with Gasteiger partial charge in [-0.2, -0.15) is 0 Å². The molecule has 1 aliphatic carbocycles. The molecule has 0 unspecified atom stereocenters. The monoisotopic (exact) mass is 345 g/mol. The number of aromatic nitrogens is 3. The van der Waals surface area contributed by atoms with E-state index < -0.39 is 0 Å². The summed E-state index contributed by atoms with van der Waals surface area (Å²) in [5.41, 5.74) is 0. The number of fused-ring (bicyclic) bond motifs is 2. The van der Waals surface area contributed by atoms with Gasteiger partial charge in [0.05, 0.1) is 0 Å². The summed E-state index contributed by atoms with van der Waals surface area (Å²) in [6.45, 7) is 3.88. The Balaban J connectivity index is 1.33. The molecule has 6 nitrogen and oxygen atoms in total. The van der Waals surface area contributed by atoms with E-state index in [9.17, 15) is 4.79 Å². The second-order valence-electron chi connectivity index (χ2n) is 8.08. The zero-order valence-electron chi connectivity index (χ0n) is 15.4. The van der Waals surface area contributed by atoms with Crippen LogP contribution in [0.25, 0.3) is 0 Å². The summed E-state index contributed by atoms with van der Waals surface area (Å²) in [5.74, 6) is 2.88. The average molecular weight is 345 g/mol. The summed E-state index contributed by atoms with van der Waals surface area (Å²) in [6, 6.07) is 0.961. The lowest BCUT2D eigenvalue weighted by molar-refractivity contribution is 0.156. The van der Waals surface area contributed by atoms with Crippen LogP contribution in [-0.2, 0) is 19.4 Å². The SMILES string of the molecule is C[C@@H]1C[C@@H]2CCCC[C@H]2N1C(=O)NCCc1nnc2n1CCCCC2. The van der Waals surface area contributed by atoms with Gasteiger partial charge in [0.25, 0.3) is 0 Å². The minimum atomic E-state index is 0.123. The van der Waals surface area contributed by atoms with Gasteiger partial charge >= 0.3 is 6.03 Å². The number of nitrogens with one attached hydrogen (secondary N) is 1. The maximum Gasteiger partial charge on any atom is 0.317 e. The molecular formula is C19H31N5O. The van der Waals surface area contributed by atoms with E-state index in [0.29, 0.717) is 18.6 Å². The Morgan fingerprint density at radius 2 is 2.04 bits per heavy atom. The molecule has 0 aromatic carbocycles. The average Bonchev–Trinajstić information content (AvgIpc) is 3.05. The molecule has 3 atom stereocenters. The molecule has 0 spiro atoms. The minimum absolute atomic E-state index is 0.123. The molecule has 3 aliphatic rings. The Bertz CT molecular complexity index is 613. The van der Waals surface area contributed by atoms with Crippen LogP contribution >= 0.6 is 0 Å². The predicted molar refractivity (Wildman–Crippen MR) is 96.3 cm³/mol. The first kappa shape index (κ1) is 16.9. The number of urea groups is 1. The maximum absolute atomic E-state index is 12.8. The molecule has 0 radical (unpaired) electrons. The van der Waals surface area contributed by atoms with Crippen LogP contribution in [0.4, 0.5) is 4.79 Å². The second-order valence-corrected chi connectivity index (χ2v) is 8.08. The van der Waals surface area contributed by atoms with Crippen LogP contribution in [0, 0.1) is 5.92 Å². The number of amides is 2. The lowest BCUT2D eigenvalue weighted by Crippen LogP contribution is -2.48. The number of likely N-dealkylation sites (tertiary alicyclic amines) is 1. The lowest BCUT2D eigenvalue weighted by atomic mass is 9.85. The number of carbonyl (C=O) groups excluding carboxylic acids is 1. The first-order valence-electron chi connectivity index (χ1n) is 10.2. The Labute approximate surface area is 150 Å². The second kappa shape index (κ2) is 7.34. The minimum Gasteiger partial charge on any atom is -0.338 e. The van der Waals surface area contributed by atoms with Gasteiger partial charge in [-0.25, -0.2) is 4.79 Å². The van der Waals surface area contributed by atoms with Gasteiger partial charge in [0.1, 0.15) is 11.6 Å². The Morgan fingerprint density at radius 1 is 1.16 bits per heavy atom. The molecule has 1 aromatic rings. The summed E-state index contributed by atoms with van der Waals surface area (Å²) < 4.78 is 2.27. The molecule has 2 fully saturated rings. The number of nitrogens with zero attached hydrogens (tertiary/aromatic N) is 4. The Hall–Kier alpha value is -1.59. The van der Waals surface area contributed by atoms with Crippen LogP contribution in [0.3, 0.4) is 0 Å². The zero-order valence-corrected chi connectivity index (χ0v) is 15.4. The summed E-state index contributed by atoms with van der Waals surface area (Å²) in [7, 11) is 0. The third-order valence-corrected chi connectivity index (χ3v) is 6.39. The quantitative estimate of drug-likeness (QED) is 0.916. The molecule has 1 aromatic heterocycles. The number of rotatable bonds is 3. The van der Waals surface area contributed by atoms with Gasteiger partial charge in [-0.15, -0.1) is 10.2 Å². The van der Waals surface area contributed by atoms with Gasteiger partial charge < -0.3 is 14.8 Å². The molecule has 138 valence electrons. The van der Waals surface area contributed by atoms with E-state index in [1.807, 2.05) is 0 Å². The van der Waals surface area contributed by atoms with Crippen molar-refractivity contribution >= 4 is 6.03 Å². The van der Waals surface area contributed by atoms with Crippen molar-refractivity contribution in [3.63, 3.8) is 0 Å². The third-order valence-electron chi connectivity index (χ3n) is 6.39. The number of carbonyl (C=O) groups is 1. The first-order valence-corrected chi connectivity index (χ1v) is 10.2. The third kappa shape index (κ3) is 3.40. The van der Waals surface area contributed by atoms with Gasteiger partial charge in [-0.1, -0.05) is 19.3 Å². The zero-order chi connectivity index (χ0) is 17.2. The molecule has 2 aliphatic heterocycles. The standard InChI is InChI=1S/C19H31N5O/c1-14-13-15-7-4-5-8-16(15)24(14)19(25)20-11-10-18-22-21-17-9-3-2-6-12-23(17)18/h14-16H,2-13H2,1H3,(H,20,25)/t14-,15+,16-/m1/s1. The molecule has 4 rings (SSSR count). The van der Waals surface area contributed by atoms with E-state index in [2.05, 4.69) is 31.9 Å². The molecule has 1 saturated carbocycles. The highest BCUT2D eigenvalue weighted by atomic mass is 16.2. The summed E-state index contributed by atoms with van der Waals surface area (Å²) in [5, 5.41) is 11.9. The van der Waals surface area contributed by atoms with Gasteiger partial charge in [-0.05, 0) is 44.9 Å². The van der Waals surface area contributed by atoms with Crippen molar-refractivity contribution in [3.8, 4) is 0 Å². The highest BCUT2D eigenvalue weighted by Crippen LogP contribution is 2.39. The predicted octanol–water partition coefficient (Wildman–Crippen LogP) is 2.91. The normalized spacial score (nSPS) is 29.0.